The van der Waals surface area contributed by atoms with Crippen molar-refractivity contribution >= 4 is 17.5 Å². The zero-order valence-corrected chi connectivity index (χ0v) is 10.0. The molecule has 86 valence electrons. The third-order valence-corrected chi connectivity index (χ3v) is 3.71. The molecular weight excluding hydrogens is 212 g/mol. The molecule has 0 spiro atoms. The standard InChI is InChI=1S/C11H19ClN2O/c1-13(9-4-5-9)8-10-3-2-6-14(10)11(15)7-12/h9-10H,2-8H2,1H3. The number of nitrogens with zero attached hydrogens (tertiary/aromatic N) is 2. The number of carbonyl (C=O) groups is 1. The topological polar surface area (TPSA) is 23.6 Å². The Morgan fingerprint density at radius 2 is 2.20 bits per heavy atom. The lowest BCUT2D eigenvalue weighted by molar-refractivity contribution is -0.129. The number of alkyl halides is 1. The predicted molar refractivity (Wildman–Crippen MR) is 61.1 cm³/mol. The SMILES string of the molecule is CN(CC1CCCN1C(=O)CCl)C1CC1. The van der Waals surface area contributed by atoms with Crippen LogP contribution >= 0.6 is 11.6 Å². The molecule has 1 heterocycles. The Kier molecular flexibility index (Phi) is 3.52. The first kappa shape index (κ1) is 11.2. The van der Waals surface area contributed by atoms with E-state index in [1.54, 1.807) is 0 Å². The van der Waals surface area contributed by atoms with Gasteiger partial charge >= 0.3 is 0 Å². The first-order valence-electron chi connectivity index (χ1n) is 5.78. The van der Waals surface area contributed by atoms with E-state index in [4.69, 9.17) is 11.6 Å². The largest absolute Gasteiger partial charge is 0.337 e. The average Bonchev–Trinajstić information content (AvgIpc) is 2.99. The van der Waals surface area contributed by atoms with Crippen molar-refractivity contribution < 1.29 is 4.79 Å². The summed E-state index contributed by atoms with van der Waals surface area (Å²) in [7, 11) is 2.17. The fraction of sp³-hybridized carbons (Fsp3) is 0.909. The van der Waals surface area contributed by atoms with Crippen molar-refractivity contribution in [2.24, 2.45) is 0 Å². The minimum absolute atomic E-state index is 0.100. The second kappa shape index (κ2) is 4.71. The number of hydrogen-bond acceptors (Lipinski definition) is 2. The molecule has 0 aromatic rings. The summed E-state index contributed by atoms with van der Waals surface area (Å²) in [4.78, 5) is 15.9. The fourth-order valence-electron chi connectivity index (χ4n) is 2.43. The molecule has 1 saturated heterocycles. The van der Waals surface area contributed by atoms with E-state index in [1.165, 1.54) is 12.8 Å². The summed E-state index contributed by atoms with van der Waals surface area (Å²) in [5.74, 6) is 0.229. The summed E-state index contributed by atoms with van der Waals surface area (Å²) in [5.41, 5.74) is 0. The molecule has 1 saturated carbocycles. The number of rotatable bonds is 4. The molecule has 2 aliphatic rings. The normalized spacial score (nSPS) is 26.3. The van der Waals surface area contributed by atoms with Crippen LogP contribution in [0, 0.1) is 0 Å². The van der Waals surface area contributed by atoms with Crippen LogP contribution in [-0.2, 0) is 4.79 Å². The highest BCUT2D eigenvalue weighted by molar-refractivity contribution is 6.27. The Labute approximate surface area is 96.4 Å². The highest BCUT2D eigenvalue weighted by Crippen LogP contribution is 2.27. The number of carbonyl (C=O) groups excluding carboxylic acids is 1. The highest BCUT2D eigenvalue weighted by atomic mass is 35.5. The van der Waals surface area contributed by atoms with Crippen molar-refractivity contribution in [2.45, 2.75) is 37.8 Å². The molecule has 1 amide bonds. The molecule has 1 aliphatic heterocycles. The van der Waals surface area contributed by atoms with Gasteiger partial charge in [-0.05, 0) is 32.7 Å². The number of halogens is 1. The van der Waals surface area contributed by atoms with Crippen molar-refractivity contribution in [3.63, 3.8) is 0 Å². The van der Waals surface area contributed by atoms with Crippen molar-refractivity contribution in [3.8, 4) is 0 Å². The van der Waals surface area contributed by atoms with Crippen LogP contribution in [0.1, 0.15) is 25.7 Å². The van der Waals surface area contributed by atoms with Gasteiger partial charge in [0.1, 0.15) is 5.88 Å². The van der Waals surface area contributed by atoms with Gasteiger partial charge in [0.2, 0.25) is 5.91 Å². The molecule has 0 bridgehead atoms. The molecule has 1 unspecified atom stereocenters. The molecule has 3 nitrogen and oxygen atoms in total. The molecule has 1 atom stereocenters. The van der Waals surface area contributed by atoms with E-state index in [9.17, 15) is 4.79 Å². The van der Waals surface area contributed by atoms with Gasteiger partial charge < -0.3 is 9.80 Å². The van der Waals surface area contributed by atoms with E-state index < -0.39 is 0 Å². The Morgan fingerprint density at radius 1 is 1.47 bits per heavy atom. The van der Waals surface area contributed by atoms with Crippen LogP contribution < -0.4 is 0 Å². The Morgan fingerprint density at radius 3 is 2.80 bits per heavy atom. The monoisotopic (exact) mass is 230 g/mol. The first-order chi connectivity index (χ1) is 7.22. The average molecular weight is 231 g/mol. The van der Waals surface area contributed by atoms with E-state index in [0.717, 1.165) is 32.0 Å². The summed E-state index contributed by atoms with van der Waals surface area (Å²) in [6.45, 7) is 1.92. The minimum atomic E-state index is 0.100. The number of likely N-dealkylation sites (tertiary alicyclic amines) is 1. The minimum Gasteiger partial charge on any atom is -0.337 e. The molecular formula is C11H19ClN2O. The van der Waals surface area contributed by atoms with Crippen LogP contribution in [0.3, 0.4) is 0 Å². The molecule has 2 rings (SSSR count). The fourth-order valence-corrected chi connectivity index (χ4v) is 2.58. The molecule has 0 N–H and O–H groups in total. The van der Waals surface area contributed by atoms with Crippen LogP contribution in [-0.4, -0.2) is 53.8 Å². The van der Waals surface area contributed by atoms with Crippen molar-refractivity contribution in [1.82, 2.24) is 9.80 Å². The first-order valence-corrected chi connectivity index (χ1v) is 6.31. The quantitative estimate of drug-likeness (QED) is 0.680. The summed E-state index contributed by atoms with van der Waals surface area (Å²) in [6, 6.07) is 1.18. The predicted octanol–water partition coefficient (Wildman–Crippen LogP) is 1.31. The van der Waals surface area contributed by atoms with Gasteiger partial charge in [0.25, 0.3) is 0 Å². The van der Waals surface area contributed by atoms with Crippen molar-refractivity contribution in [2.75, 3.05) is 26.0 Å². The molecule has 4 heteroatoms. The van der Waals surface area contributed by atoms with Gasteiger partial charge in [-0.25, -0.2) is 0 Å². The summed E-state index contributed by atoms with van der Waals surface area (Å²) >= 11 is 5.60. The molecule has 0 aromatic carbocycles. The second-order valence-corrected chi connectivity index (χ2v) is 4.95. The maximum atomic E-state index is 11.6. The highest BCUT2D eigenvalue weighted by Gasteiger charge is 2.33. The lowest BCUT2D eigenvalue weighted by atomic mass is 10.2. The third-order valence-electron chi connectivity index (χ3n) is 3.48. The maximum Gasteiger partial charge on any atom is 0.237 e. The van der Waals surface area contributed by atoms with Gasteiger partial charge in [-0.15, -0.1) is 11.6 Å². The van der Waals surface area contributed by atoms with Gasteiger partial charge in [-0.2, -0.15) is 0 Å². The van der Waals surface area contributed by atoms with Crippen LogP contribution in [0.4, 0.5) is 0 Å². The third kappa shape index (κ3) is 2.64. The van der Waals surface area contributed by atoms with Crippen LogP contribution in [0.25, 0.3) is 0 Å². The number of hydrogen-bond donors (Lipinski definition) is 0. The Balaban J connectivity index is 1.86. The van der Waals surface area contributed by atoms with Gasteiger partial charge in [-0.3, -0.25) is 4.79 Å². The van der Waals surface area contributed by atoms with E-state index >= 15 is 0 Å². The van der Waals surface area contributed by atoms with E-state index in [0.29, 0.717) is 6.04 Å². The number of likely N-dealkylation sites (N-methyl/N-ethyl adjacent to an activating group) is 1. The summed E-state index contributed by atoms with van der Waals surface area (Å²) in [6.07, 6.45) is 4.92. The Bertz CT molecular complexity index is 243. The molecule has 0 radical (unpaired) electrons. The van der Waals surface area contributed by atoms with Crippen molar-refractivity contribution in [1.29, 1.82) is 0 Å². The smallest absolute Gasteiger partial charge is 0.237 e. The van der Waals surface area contributed by atoms with Crippen molar-refractivity contribution in [3.05, 3.63) is 0 Å². The van der Waals surface area contributed by atoms with E-state index in [2.05, 4.69) is 11.9 Å². The maximum absolute atomic E-state index is 11.6. The zero-order valence-electron chi connectivity index (χ0n) is 9.29. The lowest BCUT2D eigenvalue weighted by Gasteiger charge is -2.28. The number of amides is 1. The molecule has 15 heavy (non-hydrogen) atoms. The summed E-state index contributed by atoms with van der Waals surface area (Å²) < 4.78 is 0. The molecule has 2 fully saturated rings. The van der Waals surface area contributed by atoms with E-state index in [-0.39, 0.29) is 11.8 Å². The molecule has 1 aliphatic carbocycles. The van der Waals surface area contributed by atoms with Gasteiger partial charge in [0.15, 0.2) is 0 Å². The lowest BCUT2D eigenvalue weighted by Crippen LogP contribution is -2.43. The second-order valence-electron chi connectivity index (χ2n) is 4.69. The van der Waals surface area contributed by atoms with Gasteiger partial charge in [-0.1, -0.05) is 0 Å². The van der Waals surface area contributed by atoms with Crippen LogP contribution in [0.2, 0.25) is 0 Å². The van der Waals surface area contributed by atoms with Crippen LogP contribution in [0.15, 0.2) is 0 Å². The molecule has 0 aromatic heterocycles. The van der Waals surface area contributed by atoms with E-state index in [1.807, 2.05) is 4.90 Å². The summed E-state index contributed by atoms with van der Waals surface area (Å²) in [5, 5.41) is 0. The van der Waals surface area contributed by atoms with Gasteiger partial charge in [0.05, 0.1) is 0 Å². The Hall–Kier alpha value is -0.280. The van der Waals surface area contributed by atoms with Gasteiger partial charge in [0, 0.05) is 25.2 Å². The van der Waals surface area contributed by atoms with Crippen LogP contribution in [0.5, 0.6) is 0 Å². The zero-order chi connectivity index (χ0) is 10.8.